The minimum atomic E-state index is -0.0587. The third-order valence-corrected chi connectivity index (χ3v) is 6.25. The van der Waals surface area contributed by atoms with Crippen LogP contribution in [0.25, 0.3) is 6.08 Å². The summed E-state index contributed by atoms with van der Waals surface area (Å²) in [5, 5.41) is 3.17. The molecular weight excluding hydrogens is 386 g/mol. The predicted octanol–water partition coefficient (Wildman–Crippen LogP) is 4.57. The second-order valence-corrected chi connectivity index (χ2v) is 8.40. The molecule has 31 heavy (non-hydrogen) atoms. The summed E-state index contributed by atoms with van der Waals surface area (Å²) in [5.41, 5.74) is 3.03. The second kappa shape index (κ2) is 10.3. The van der Waals surface area contributed by atoms with E-state index in [0.29, 0.717) is 25.9 Å². The van der Waals surface area contributed by atoms with Gasteiger partial charge in [-0.2, -0.15) is 0 Å². The van der Waals surface area contributed by atoms with Crippen LogP contribution in [0.4, 0.5) is 11.4 Å². The van der Waals surface area contributed by atoms with E-state index in [4.69, 9.17) is 0 Å². The Bertz CT molecular complexity index is 911. The fourth-order valence-electron chi connectivity index (χ4n) is 4.42. The van der Waals surface area contributed by atoms with E-state index in [1.165, 1.54) is 19.3 Å². The molecule has 0 aromatic heterocycles. The van der Waals surface area contributed by atoms with Gasteiger partial charge in [-0.3, -0.25) is 9.59 Å². The Hall–Kier alpha value is -3.08. The molecule has 2 aliphatic rings. The Labute approximate surface area is 184 Å². The van der Waals surface area contributed by atoms with Crippen molar-refractivity contribution < 1.29 is 9.59 Å². The van der Waals surface area contributed by atoms with Crippen molar-refractivity contribution in [1.29, 1.82) is 0 Å². The van der Waals surface area contributed by atoms with Crippen molar-refractivity contribution in [2.24, 2.45) is 5.92 Å². The van der Waals surface area contributed by atoms with Gasteiger partial charge < -0.3 is 15.1 Å². The van der Waals surface area contributed by atoms with E-state index in [2.05, 4.69) is 16.3 Å². The van der Waals surface area contributed by atoms with Gasteiger partial charge in [0.25, 0.3) is 0 Å². The molecule has 5 heteroatoms. The fourth-order valence-corrected chi connectivity index (χ4v) is 4.42. The molecule has 0 aliphatic carbocycles. The van der Waals surface area contributed by atoms with E-state index < -0.39 is 0 Å². The maximum absolute atomic E-state index is 12.9. The van der Waals surface area contributed by atoms with E-state index in [9.17, 15) is 9.59 Å². The van der Waals surface area contributed by atoms with Gasteiger partial charge in [-0.25, -0.2) is 0 Å². The molecule has 162 valence electrons. The van der Waals surface area contributed by atoms with Crippen LogP contribution >= 0.6 is 0 Å². The third-order valence-electron chi connectivity index (χ3n) is 6.25. The molecule has 2 amide bonds. The van der Waals surface area contributed by atoms with Crippen molar-refractivity contribution in [3.05, 3.63) is 66.2 Å². The number of rotatable bonds is 5. The first-order valence-corrected chi connectivity index (χ1v) is 11.4. The van der Waals surface area contributed by atoms with Gasteiger partial charge in [-0.1, -0.05) is 42.5 Å². The van der Waals surface area contributed by atoms with Crippen molar-refractivity contribution in [3.8, 4) is 0 Å². The van der Waals surface area contributed by atoms with E-state index >= 15 is 0 Å². The Kier molecular flexibility index (Phi) is 7.03. The summed E-state index contributed by atoms with van der Waals surface area (Å²) in [6.45, 7) is 3.32. The normalized spacial score (nSPS) is 17.7. The minimum Gasteiger partial charge on any atom is -0.370 e. The molecule has 2 aliphatic heterocycles. The number of likely N-dealkylation sites (tertiary alicyclic amines) is 1. The molecule has 4 rings (SSSR count). The van der Waals surface area contributed by atoms with E-state index in [1.807, 2.05) is 59.5 Å². The summed E-state index contributed by atoms with van der Waals surface area (Å²) in [4.78, 5) is 29.6. The molecule has 5 nitrogen and oxygen atoms in total. The summed E-state index contributed by atoms with van der Waals surface area (Å²) in [6, 6.07) is 17.9. The lowest BCUT2D eigenvalue weighted by Crippen LogP contribution is -2.41. The van der Waals surface area contributed by atoms with Crippen molar-refractivity contribution in [2.75, 3.05) is 36.4 Å². The Morgan fingerprint density at radius 1 is 0.839 bits per heavy atom. The molecule has 1 N–H and O–H groups in total. The number of anilines is 2. The molecule has 0 saturated carbocycles. The highest BCUT2D eigenvalue weighted by molar-refractivity contribution is 5.96. The molecule has 0 bridgehead atoms. The van der Waals surface area contributed by atoms with Crippen LogP contribution in [0.3, 0.4) is 0 Å². The molecule has 0 atom stereocenters. The van der Waals surface area contributed by atoms with Crippen molar-refractivity contribution >= 4 is 29.3 Å². The highest BCUT2D eigenvalue weighted by Gasteiger charge is 2.27. The van der Waals surface area contributed by atoms with Crippen molar-refractivity contribution in [1.82, 2.24) is 4.90 Å². The first-order valence-electron chi connectivity index (χ1n) is 11.4. The van der Waals surface area contributed by atoms with Crippen LogP contribution in [-0.2, 0) is 9.59 Å². The summed E-state index contributed by atoms with van der Waals surface area (Å²) in [5.74, 6) is 0.0195. The number of para-hydroxylation sites is 2. The Morgan fingerprint density at radius 3 is 2.26 bits per heavy atom. The van der Waals surface area contributed by atoms with Crippen molar-refractivity contribution in [2.45, 2.75) is 32.1 Å². The van der Waals surface area contributed by atoms with Crippen LogP contribution < -0.4 is 10.2 Å². The monoisotopic (exact) mass is 417 g/mol. The van der Waals surface area contributed by atoms with Crippen LogP contribution in [-0.4, -0.2) is 42.9 Å². The highest BCUT2D eigenvalue weighted by atomic mass is 16.2. The standard InChI is InChI=1S/C26H31N3O2/c30-25(14-13-21-9-3-1-4-10-21)29-19-15-22(16-20-29)26(31)27-23-11-5-6-12-24(23)28-17-7-2-8-18-28/h1,3-6,9-14,22H,2,7-8,15-20H2,(H,27,31)/b14-13+. The van der Waals surface area contributed by atoms with E-state index in [0.717, 1.165) is 30.0 Å². The molecule has 0 unspecified atom stereocenters. The molecule has 2 saturated heterocycles. The van der Waals surface area contributed by atoms with Crippen LogP contribution in [0.1, 0.15) is 37.7 Å². The zero-order valence-electron chi connectivity index (χ0n) is 18.0. The Balaban J connectivity index is 1.31. The molecular formula is C26H31N3O2. The molecule has 2 fully saturated rings. The lowest BCUT2D eigenvalue weighted by atomic mass is 9.95. The zero-order chi connectivity index (χ0) is 21.5. The molecule has 2 heterocycles. The smallest absolute Gasteiger partial charge is 0.246 e. The third kappa shape index (κ3) is 5.54. The number of benzene rings is 2. The van der Waals surface area contributed by atoms with Crippen LogP contribution in [0, 0.1) is 5.92 Å². The van der Waals surface area contributed by atoms with Gasteiger partial charge in [0.1, 0.15) is 0 Å². The number of amides is 2. The van der Waals surface area contributed by atoms with Crippen molar-refractivity contribution in [3.63, 3.8) is 0 Å². The summed E-state index contributed by atoms with van der Waals surface area (Å²) in [7, 11) is 0. The Morgan fingerprint density at radius 2 is 1.52 bits per heavy atom. The van der Waals surface area contributed by atoms with Gasteiger partial charge >= 0.3 is 0 Å². The average Bonchev–Trinajstić information content (AvgIpc) is 2.84. The first kappa shape index (κ1) is 21.2. The number of carbonyl (C=O) groups excluding carboxylic acids is 2. The van der Waals surface area contributed by atoms with Gasteiger partial charge in [-0.05, 0) is 55.9 Å². The topological polar surface area (TPSA) is 52.7 Å². The summed E-state index contributed by atoms with van der Waals surface area (Å²) < 4.78 is 0. The lowest BCUT2D eigenvalue weighted by Gasteiger charge is -2.32. The largest absolute Gasteiger partial charge is 0.370 e. The summed E-state index contributed by atoms with van der Waals surface area (Å²) >= 11 is 0. The van der Waals surface area contributed by atoms with Crippen LogP contribution in [0.15, 0.2) is 60.7 Å². The number of nitrogens with one attached hydrogen (secondary N) is 1. The van der Waals surface area contributed by atoms with Gasteiger partial charge in [0.05, 0.1) is 11.4 Å². The van der Waals surface area contributed by atoms with Gasteiger partial charge in [0.2, 0.25) is 11.8 Å². The number of carbonyl (C=O) groups is 2. The predicted molar refractivity (Wildman–Crippen MR) is 126 cm³/mol. The average molecular weight is 418 g/mol. The fraction of sp³-hybridized carbons (Fsp3) is 0.385. The summed E-state index contributed by atoms with van der Waals surface area (Å²) in [6.07, 6.45) is 8.55. The molecule has 2 aromatic rings. The number of hydrogen-bond acceptors (Lipinski definition) is 3. The SMILES string of the molecule is O=C(Nc1ccccc1N1CCCCC1)C1CCN(C(=O)/C=C/c2ccccc2)CC1. The number of piperidine rings is 2. The van der Waals surface area contributed by atoms with Crippen LogP contribution in [0.5, 0.6) is 0 Å². The zero-order valence-corrected chi connectivity index (χ0v) is 18.0. The van der Waals surface area contributed by atoms with Gasteiger partial charge in [-0.15, -0.1) is 0 Å². The quantitative estimate of drug-likeness (QED) is 0.725. The molecule has 2 aromatic carbocycles. The minimum absolute atomic E-state index is 0.0122. The van der Waals surface area contributed by atoms with E-state index in [1.54, 1.807) is 6.08 Å². The molecule has 0 radical (unpaired) electrons. The van der Waals surface area contributed by atoms with Gasteiger partial charge in [0.15, 0.2) is 0 Å². The van der Waals surface area contributed by atoms with Crippen LogP contribution in [0.2, 0.25) is 0 Å². The first-order chi connectivity index (χ1) is 15.2. The lowest BCUT2D eigenvalue weighted by molar-refractivity contribution is -0.130. The number of nitrogens with zero attached hydrogens (tertiary/aromatic N) is 2. The number of hydrogen-bond donors (Lipinski definition) is 1. The maximum atomic E-state index is 12.9. The maximum Gasteiger partial charge on any atom is 0.246 e. The van der Waals surface area contributed by atoms with Gasteiger partial charge in [0, 0.05) is 38.2 Å². The second-order valence-electron chi connectivity index (χ2n) is 8.40. The van der Waals surface area contributed by atoms with E-state index in [-0.39, 0.29) is 17.7 Å². The highest BCUT2D eigenvalue weighted by Crippen LogP contribution is 2.29. The molecule has 0 spiro atoms.